The molecule has 8 nitrogen and oxygen atoms in total. The normalized spacial score (nSPS) is 10.2. The molecule has 28 heavy (non-hydrogen) atoms. The van der Waals surface area contributed by atoms with Crippen molar-refractivity contribution in [1.82, 2.24) is 15.2 Å². The van der Waals surface area contributed by atoms with E-state index in [0.717, 1.165) is 10.6 Å². The zero-order valence-corrected chi connectivity index (χ0v) is 17.0. The van der Waals surface area contributed by atoms with Crippen LogP contribution in [0.1, 0.15) is 22.6 Å². The monoisotopic (exact) mass is 427 g/mol. The highest BCUT2D eigenvalue weighted by Crippen LogP contribution is 2.36. The maximum atomic E-state index is 12.1. The molecule has 3 heterocycles. The molecule has 0 aliphatic carbocycles. The lowest BCUT2D eigenvalue weighted by Gasteiger charge is -2.11. The van der Waals surface area contributed by atoms with Crippen LogP contribution in [0.25, 0.3) is 11.1 Å². The van der Waals surface area contributed by atoms with Crippen LogP contribution >= 0.6 is 34.4 Å². The topological polar surface area (TPSA) is 141 Å². The van der Waals surface area contributed by atoms with Crippen molar-refractivity contribution < 1.29 is 4.79 Å². The van der Waals surface area contributed by atoms with Gasteiger partial charge in [0.15, 0.2) is 0 Å². The molecule has 0 bridgehead atoms. The number of nitrogens with one attached hydrogen (secondary N) is 1. The Hall–Kier alpha value is -2.99. The van der Waals surface area contributed by atoms with E-state index in [4.69, 9.17) is 5.73 Å². The SMILES string of the molecule is Cc1nnc(NC(=O)CCSc2nc(N)c(C#N)c(-c3ccsc3)c2C#N)s1. The van der Waals surface area contributed by atoms with Crippen LogP contribution < -0.4 is 11.1 Å². The largest absolute Gasteiger partial charge is 0.383 e. The summed E-state index contributed by atoms with van der Waals surface area (Å²) in [6.45, 7) is 1.80. The summed E-state index contributed by atoms with van der Waals surface area (Å²) in [7, 11) is 0. The van der Waals surface area contributed by atoms with Gasteiger partial charge in [-0.1, -0.05) is 11.3 Å². The van der Waals surface area contributed by atoms with E-state index in [1.165, 1.54) is 34.4 Å². The lowest BCUT2D eigenvalue weighted by molar-refractivity contribution is -0.115. The fourth-order valence-corrected chi connectivity index (χ4v) is 4.56. The molecule has 0 aromatic carbocycles. The Kier molecular flexibility index (Phi) is 6.21. The number of anilines is 2. The number of hydrogen-bond acceptors (Lipinski definition) is 10. The number of amides is 1. The molecule has 0 saturated carbocycles. The van der Waals surface area contributed by atoms with E-state index < -0.39 is 0 Å². The van der Waals surface area contributed by atoms with Gasteiger partial charge in [0.1, 0.15) is 33.6 Å². The first-order chi connectivity index (χ1) is 13.5. The number of aryl methyl sites for hydroxylation is 1. The van der Waals surface area contributed by atoms with Crippen LogP contribution in [0.3, 0.4) is 0 Å². The average molecular weight is 428 g/mol. The summed E-state index contributed by atoms with van der Waals surface area (Å²) in [5.41, 5.74) is 7.65. The molecule has 1 amide bonds. The zero-order chi connectivity index (χ0) is 20.1. The Morgan fingerprint density at radius 3 is 2.71 bits per heavy atom. The quantitative estimate of drug-likeness (QED) is 0.570. The van der Waals surface area contributed by atoms with Gasteiger partial charge < -0.3 is 11.1 Å². The van der Waals surface area contributed by atoms with Crippen molar-refractivity contribution in [3.05, 3.63) is 33.0 Å². The first-order valence-corrected chi connectivity index (χ1v) is 10.7. The molecule has 11 heteroatoms. The minimum Gasteiger partial charge on any atom is -0.383 e. The molecule has 0 spiro atoms. The second-order valence-corrected chi connectivity index (χ2v) is 8.48. The Morgan fingerprint density at radius 1 is 1.32 bits per heavy atom. The van der Waals surface area contributed by atoms with E-state index in [2.05, 4.69) is 26.6 Å². The predicted octanol–water partition coefficient (Wildman–Crippen LogP) is 3.42. The number of aromatic nitrogens is 3. The van der Waals surface area contributed by atoms with E-state index in [1.807, 2.05) is 22.9 Å². The first-order valence-electron chi connectivity index (χ1n) is 7.92. The minimum atomic E-state index is -0.207. The van der Waals surface area contributed by atoms with Gasteiger partial charge in [0.05, 0.1) is 5.56 Å². The van der Waals surface area contributed by atoms with Gasteiger partial charge in [-0.05, 0) is 29.3 Å². The third kappa shape index (κ3) is 4.28. The Balaban J connectivity index is 1.78. The second-order valence-electron chi connectivity index (χ2n) is 5.44. The fraction of sp³-hybridized carbons (Fsp3) is 0.176. The number of nitrogens with zero attached hydrogens (tertiary/aromatic N) is 5. The standard InChI is InChI=1S/C17H13N7OS3/c1-9-23-24-17(28-9)21-13(25)3-5-27-16-12(7-19)14(10-2-4-26-8-10)11(6-18)15(20)22-16/h2,4,8H,3,5H2,1H3,(H2,20,22)(H,21,24,25). The summed E-state index contributed by atoms with van der Waals surface area (Å²) in [6, 6.07) is 6.00. The summed E-state index contributed by atoms with van der Waals surface area (Å²) in [5.74, 6) is 0.250. The highest BCUT2D eigenvalue weighted by molar-refractivity contribution is 7.99. The molecular weight excluding hydrogens is 414 g/mol. The van der Waals surface area contributed by atoms with Crippen molar-refractivity contribution in [2.24, 2.45) is 0 Å². The molecule has 0 saturated heterocycles. The third-order valence-electron chi connectivity index (χ3n) is 3.57. The molecule has 0 radical (unpaired) electrons. The number of carbonyl (C=O) groups excluding carboxylic acids is 1. The summed E-state index contributed by atoms with van der Waals surface area (Å²) in [5, 5.41) is 34.8. The number of rotatable bonds is 6. The number of thiophene rings is 1. The third-order valence-corrected chi connectivity index (χ3v) is 5.98. The lowest BCUT2D eigenvalue weighted by atomic mass is 9.99. The first kappa shape index (κ1) is 19.8. The summed E-state index contributed by atoms with van der Waals surface area (Å²) >= 11 is 4.00. The van der Waals surface area contributed by atoms with Gasteiger partial charge in [0.2, 0.25) is 11.0 Å². The van der Waals surface area contributed by atoms with E-state index in [1.54, 1.807) is 6.92 Å². The molecule has 3 N–H and O–H groups in total. The highest BCUT2D eigenvalue weighted by Gasteiger charge is 2.21. The summed E-state index contributed by atoms with van der Waals surface area (Å²) in [4.78, 5) is 16.3. The molecule has 3 rings (SSSR count). The van der Waals surface area contributed by atoms with E-state index in [-0.39, 0.29) is 29.3 Å². The van der Waals surface area contributed by atoms with Crippen LogP contribution in [0.4, 0.5) is 10.9 Å². The number of nitrogens with two attached hydrogens (primary N) is 1. The number of hydrogen-bond donors (Lipinski definition) is 2. The van der Waals surface area contributed by atoms with Crippen LogP contribution in [0, 0.1) is 29.6 Å². The minimum absolute atomic E-state index is 0.0685. The smallest absolute Gasteiger partial charge is 0.227 e. The van der Waals surface area contributed by atoms with Crippen molar-refractivity contribution in [2.45, 2.75) is 18.4 Å². The van der Waals surface area contributed by atoms with E-state index in [9.17, 15) is 15.3 Å². The van der Waals surface area contributed by atoms with Crippen LogP contribution in [-0.2, 0) is 4.79 Å². The van der Waals surface area contributed by atoms with Gasteiger partial charge >= 0.3 is 0 Å². The number of carbonyl (C=O) groups is 1. The van der Waals surface area contributed by atoms with Crippen molar-refractivity contribution in [2.75, 3.05) is 16.8 Å². The maximum absolute atomic E-state index is 12.1. The Morgan fingerprint density at radius 2 is 2.11 bits per heavy atom. The maximum Gasteiger partial charge on any atom is 0.227 e. The van der Waals surface area contributed by atoms with Crippen LogP contribution in [0.5, 0.6) is 0 Å². The van der Waals surface area contributed by atoms with Gasteiger partial charge in [-0.25, -0.2) is 4.98 Å². The molecular formula is C17H13N7OS3. The number of pyridine rings is 1. The average Bonchev–Trinajstić information content (AvgIpc) is 3.33. The molecule has 140 valence electrons. The molecule has 0 unspecified atom stereocenters. The van der Waals surface area contributed by atoms with Crippen molar-refractivity contribution in [3.8, 4) is 23.3 Å². The highest BCUT2D eigenvalue weighted by atomic mass is 32.2. The van der Waals surface area contributed by atoms with Crippen molar-refractivity contribution in [1.29, 1.82) is 10.5 Å². The Labute approximate surface area is 173 Å². The van der Waals surface area contributed by atoms with Crippen LogP contribution in [0.15, 0.2) is 21.9 Å². The van der Waals surface area contributed by atoms with Crippen molar-refractivity contribution >= 4 is 51.3 Å². The summed E-state index contributed by atoms with van der Waals surface area (Å²) < 4.78 is 0. The van der Waals surface area contributed by atoms with E-state index in [0.29, 0.717) is 21.5 Å². The number of thioether (sulfide) groups is 1. The molecule has 0 aliphatic heterocycles. The second kappa shape index (κ2) is 8.80. The zero-order valence-electron chi connectivity index (χ0n) is 14.6. The number of nitriles is 2. The fourth-order valence-electron chi connectivity index (χ4n) is 2.37. The van der Waals surface area contributed by atoms with E-state index >= 15 is 0 Å². The van der Waals surface area contributed by atoms with Gasteiger partial charge in [-0.2, -0.15) is 21.9 Å². The lowest BCUT2D eigenvalue weighted by Crippen LogP contribution is -2.12. The molecule has 3 aromatic heterocycles. The predicted molar refractivity (Wildman–Crippen MR) is 110 cm³/mol. The molecule has 0 aliphatic rings. The Bertz CT molecular complexity index is 1090. The van der Waals surface area contributed by atoms with Gasteiger partial charge in [-0.3, -0.25) is 4.79 Å². The molecule has 0 fully saturated rings. The van der Waals surface area contributed by atoms with Crippen LogP contribution in [-0.4, -0.2) is 26.8 Å². The summed E-state index contributed by atoms with van der Waals surface area (Å²) in [6.07, 6.45) is 0.198. The van der Waals surface area contributed by atoms with Crippen molar-refractivity contribution in [3.63, 3.8) is 0 Å². The van der Waals surface area contributed by atoms with Gasteiger partial charge in [0.25, 0.3) is 0 Å². The molecule has 3 aromatic rings. The number of nitrogen functional groups attached to an aromatic ring is 1. The van der Waals surface area contributed by atoms with Gasteiger partial charge in [-0.15, -0.1) is 22.0 Å². The van der Waals surface area contributed by atoms with Gasteiger partial charge in [0, 0.05) is 17.7 Å². The van der Waals surface area contributed by atoms with Crippen LogP contribution in [0.2, 0.25) is 0 Å². The molecule has 0 atom stereocenters.